The zero-order chi connectivity index (χ0) is 34.6. The highest BCUT2D eigenvalue weighted by atomic mass is 32.2. The van der Waals surface area contributed by atoms with Crippen molar-refractivity contribution in [1.82, 2.24) is 5.32 Å². The molecule has 0 radical (unpaired) electrons. The van der Waals surface area contributed by atoms with Gasteiger partial charge in [0.15, 0.2) is 0 Å². The Hall–Kier alpha value is -4.34. The highest BCUT2D eigenvalue weighted by molar-refractivity contribution is 8.04. The molecule has 3 heteroatoms. The molecule has 2 aliphatic heterocycles. The Bertz CT molecular complexity index is 2260. The number of amidine groups is 1. The van der Waals surface area contributed by atoms with Crippen LogP contribution in [-0.2, 0) is 10.8 Å². The second-order valence-electron chi connectivity index (χ2n) is 16.9. The molecule has 1 N–H and O–H groups in total. The van der Waals surface area contributed by atoms with Gasteiger partial charge in [-0.25, -0.2) is 0 Å². The molecule has 8 aliphatic rings. The second-order valence-corrected chi connectivity index (χ2v) is 18.1. The van der Waals surface area contributed by atoms with Gasteiger partial charge in [-0.1, -0.05) is 166 Å². The molecule has 258 valence electrons. The molecule has 1 fully saturated rings. The minimum atomic E-state index is -0.0249. The van der Waals surface area contributed by atoms with Crippen LogP contribution in [0.5, 0.6) is 0 Å². The van der Waals surface area contributed by atoms with Crippen LogP contribution in [0.3, 0.4) is 0 Å². The fraction of sp³-hybridized carbons (Fsp3) is 0.327. The second kappa shape index (κ2) is 11.6. The quantitative estimate of drug-likeness (QED) is 0.295. The van der Waals surface area contributed by atoms with Crippen LogP contribution in [0.15, 0.2) is 143 Å². The summed E-state index contributed by atoms with van der Waals surface area (Å²) < 4.78 is 0. The Kier molecular flexibility index (Phi) is 6.95. The summed E-state index contributed by atoms with van der Waals surface area (Å²) in [4.78, 5) is 5.40. The van der Waals surface area contributed by atoms with Crippen LogP contribution in [0.1, 0.15) is 110 Å². The van der Waals surface area contributed by atoms with Crippen LogP contribution in [-0.4, -0.2) is 11.1 Å². The molecule has 6 aliphatic carbocycles. The Labute approximate surface area is 313 Å². The van der Waals surface area contributed by atoms with Gasteiger partial charge in [-0.2, -0.15) is 0 Å². The zero-order valence-corrected chi connectivity index (χ0v) is 31.1. The number of allylic oxidation sites excluding steroid dienone is 11. The van der Waals surface area contributed by atoms with E-state index in [1.54, 1.807) is 27.8 Å². The first-order chi connectivity index (χ1) is 25.5. The third-order valence-corrected chi connectivity index (χ3v) is 15.3. The van der Waals surface area contributed by atoms with Gasteiger partial charge in [-0.05, 0) is 93.0 Å². The third-order valence-electron chi connectivity index (χ3n) is 14.0. The van der Waals surface area contributed by atoms with E-state index in [4.69, 9.17) is 4.99 Å². The molecule has 0 bridgehead atoms. The van der Waals surface area contributed by atoms with E-state index in [1.165, 1.54) is 71.4 Å². The van der Waals surface area contributed by atoms with Crippen LogP contribution < -0.4 is 5.32 Å². The van der Waals surface area contributed by atoms with Crippen molar-refractivity contribution in [3.8, 4) is 0 Å². The molecular formula is C49H46N2S. The number of hydrogen-bond donors (Lipinski definition) is 1. The summed E-state index contributed by atoms with van der Waals surface area (Å²) >= 11 is 1.97. The summed E-state index contributed by atoms with van der Waals surface area (Å²) in [5.41, 5.74) is 16.3. The molecule has 1 spiro atoms. The summed E-state index contributed by atoms with van der Waals surface area (Å²) in [6.45, 7) is 5.03. The van der Waals surface area contributed by atoms with E-state index in [-0.39, 0.29) is 11.5 Å². The van der Waals surface area contributed by atoms with Crippen LogP contribution >= 0.6 is 11.8 Å². The molecule has 2 nitrogen and oxygen atoms in total. The SMILES string of the molecule is CC1(C)c2cc3c(cc2C2C=CC(c4ccc(C5N=C(c6ccccc6)NC6=C5C5=CC=CCC5S6)cc4)=CC21)C1=CC=CCC1C31CCCCC1. The van der Waals surface area contributed by atoms with Crippen molar-refractivity contribution in [2.45, 2.75) is 86.8 Å². The lowest BCUT2D eigenvalue weighted by Gasteiger charge is -2.41. The van der Waals surface area contributed by atoms with Crippen LogP contribution in [0.25, 0.3) is 11.1 Å². The smallest absolute Gasteiger partial charge is 0.134 e. The molecule has 2 heterocycles. The summed E-state index contributed by atoms with van der Waals surface area (Å²) in [5, 5.41) is 5.46. The van der Waals surface area contributed by atoms with Crippen molar-refractivity contribution in [3.63, 3.8) is 0 Å². The first kappa shape index (κ1) is 31.2. The average molecular weight is 695 g/mol. The monoisotopic (exact) mass is 694 g/mol. The van der Waals surface area contributed by atoms with Gasteiger partial charge < -0.3 is 5.32 Å². The maximum atomic E-state index is 5.40. The summed E-state index contributed by atoms with van der Waals surface area (Å²) in [7, 11) is 0. The maximum Gasteiger partial charge on any atom is 0.134 e. The van der Waals surface area contributed by atoms with Gasteiger partial charge in [0.05, 0.1) is 5.03 Å². The van der Waals surface area contributed by atoms with Crippen LogP contribution in [0, 0.1) is 11.8 Å². The molecule has 52 heavy (non-hydrogen) atoms. The lowest BCUT2D eigenvalue weighted by Crippen LogP contribution is -2.34. The molecule has 3 aromatic carbocycles. The van der Waals surface area contributed by atoms with Gasteiger partial charge in [0.2, 0.25) is 0 Å². The molecular weight excluding hydrogens is 649 g/mol. The normalized spacial score (nSPS) is 29.5. The fourth-order valence-corrected chi connectivity index (χ4v) is 12.7. The van der Waals surface area contributed by atoms with E-state index >= 15 is 0 Å². The number of benzene rings is 3. The van der Waals surface area contributed by atoms with E-state index < -0.39 is 0 Å². The van der Waals surface area contributed by atoms with Gasteiger partial charge in [-0.15, -0.1) is 0 Å². The average Bonchev–Trinajstić information content (AvgIpc) is 3.78. The Morgan fingerprint density at radius 3 is 2.42 bits per heavy atom. The Morgan fingerprint density at radius 2 is 1.60 bits per heavy atom. The number of hydrogen-bond acceptors (Lipinski definition) is 3. The predicted molar refractivity (Wildman–Crippen MR) is 218 cm³/mol. The molecule has 5 unspecified atom stereocenters. The van der Waals surface area contributed by atoms with Crippen LogP contribution in [0.4, 0.5) is 0 Å². The minimum Gasteiger partial charge on any atom is -0.334 e. The third kappa shape index (κ3) is 4.47. The van der Waals surface area contributed by atoms with Crippen molar-refractivity contribution in [2.24, 2.45) is 16.8 Å². The van der Waals surface area contributed by atoms with Crippen molar-refractivity contribution in [3.05, 3.63) is 177 Å². The van der Waals surface area contributed by atoms with Crippen molar-refractivity contribution >= 4 is 28.7 Å². The Morgan fingerprint density at radius 1 is 0.808 bits per heavy atom. The summed E-state index contributed by atoms with van der Waals surface area (Å²) in [6.07, 6.45) is 30.7. The van der Waals surface area contributed by atoms with E-state index in [1.807, 2.05) is 11.8 Å². The lowest BCUT2D eigenvalue weighted by atomic mass is 9.63. The zero-order valence-electron chi connectivity index (χ0n) is 30.2. The lowest BCUT2D eigenvalue weighted by molar-refractivity contribution is 0.240. The fourth-order valence-electron chi connectivity index (χ4n) is 11.4. The number of fused-ring (bicyclic) bond motifs is 10. The van der Waals surface area contributed by atoms with Gasteiger partial charge in [-0.3, -0.25) is 4.99 Å². The van der Waals surface area contributed by atoms with Gasteiger partial charge in [0, 0.05) is 27.7 Å². The largest absolute Gasteiger partial charge is 0.334 e. The topological polar surface area (TPSA) is 24.4 Å². The van der Waals surface area contributed by atoms with Crippen molar-refractivity contribution in [2.75, 3.05) is 0 Å². The van der Waals surface area contributed by atoms with E-state index in [0.29, 0.717) is 28.4 Å². The van der Waals surface area contributed by atoms with Gasteiger partial charge in [0.1, 0.15) is 11.9 Å². The minimum absolute atomic E-state index is 0.0249. The standard InChI is InChI=1S/C49H46N2S/c1-48(2)40-27-33(23-24-35(40)37-28-38-34-15-7-9-17-39(34)49(25-11-4-12-26-49)42(38)29-41(37)48)30-19-21-31(22-20-30)45-44-36-16-8-10-18-43(36)52-47(44)51-46(50-45)32-13-5-3-6-14-32/h3,5-10,13-16,19-24,27-29,35,39-40,43,45H,4,11-12,17-18,25-26H2,1-2H3,(H,50,51). The predicted octanol–water partition coefficient (Wildman–Crippen LogP) is 11.8. The molecule has 1 saturated carbocycles. The highest BCUT2D eigenvalue weighted by Gasteiger charge is 2.53. The first-order valence-electron chi connectivity index (χ1n) is 19.7. The molecule has 0 amide bonds. The first-order valence-corrected chi connectivity index (χ1v) is 20.6. The summed E-state index contributed by atoms with van der Waals surface area (Å²) in [5.74, 6) is 2.50. The number of aliphatic imine (C=N–C) groups is 1. The number of nitrogens with one attached hydrogen (secondary N) is 1. The van der Waals surface area contributed by atoms with Crippen LogP contribution in [0.2, 0.25) is 0 Å². The van der Waals surface area contributed by atoms with E-state index in [9.17, 15) is 0 Å². The van der Waals surface area contributed by atoms with E-state index in [0.717, 1.165) is 17.8 Å². The van der Waals surface area contributed by atoms with E-state index in [2.05, 4.69) is 141 Å². The molecule has 5 atom stereocenters. The maximum absolute atomic E-state index is 5.40. The number of thioether (sulfide) groups is 1. The molecule has 11 rings (SSSR count). The van der Waals surface area contributed by atoms with Crippen molar-refractivity contribution in [1.29, 1.82) is 0 Å². The molecule has 0 aromatic heterocycles. The number of rotatable bonds is 3. The number of nitrogens with zero attached hydrogens (tertiary/aromatic N) is 1. The van der Waals surface area contributed by atoms with Crippen molar-refractivity contribution < 1.29 is 0 Å². The molecule has 3 aromatic rings. The van der Waals surface area contributed by atoms with Gasteiger partial charge in [0.25, 0.3) is 0 Å². The van der Waals surface area contributed by atoms with Gasteiger partial charge >= 0.3 is 0 Å². The molecule has 0 saturated heterocycles. The summed E-state index contributed by atoms with van der Waals surface area (Å²) in [6, 6.07) is 25.3. The Balaban J connectivity index is 0.933. The highest BCUT2D eigenvalue weighted by Crippen LogP contribution is 2.63.